The number of rotatable bonds is 0. The van der Waals surface area contributed by atoms with Crippen molar-refractivity contribution in [1.29, 1.82) is 0 Å². The average Bonchev–Trinajstić information content (AvgIpc) is 1.64. The molecule has 46 valence electrons. The van der Waals surface area contributed by atoms with Gasteiger partial charge in [-0.05, 0) is 0 Å². The summed E-state index contributed by atoms with van der Waals surface area (Å²) in [4.78, 5) is 0. The molecule has 0 aromatic rings. The molecule has 1 aliphatic rings. The van der Waals surface area contributed by atoms with Gasteiger partial charge in [0.2, 0.25) is 0 Å². The van der Waals surface area contributed by atoms with Gasteiger partial charge in [-0.3, -0.25) is 0 Å². The van der Waals surface area contributed by atoms with Crippen molar-refractivity contribution < 1.29 is 27.2 Å². The van der Waals surface area contributed by atoms with Gasteiger partial charge in [-0.25, -0.2) is 0 Å². The second-order valence-electron chi connectivity index (χ2n) is 1.29. The molecule has 0 radical (unpaired) electrons. The van der Waals surface area contributed by atoms with Crippen LogP contribution < -0.4 is 0 Å². The second-order valence-corrected chi connectivity index (χ2v) is 10.2. The molecule has 0 unspecified atom stereocenters. The van der Waals surface area contributed by atoms with E-state index in [1.807, 2.05) is 0 Å². The van der Waals surface area contributed by atoms with Crippen molar-refractivity contribution in [3.63, 3.8) is 0 Å². The Balaban J connectivity index is 0.000000145. The first kappa shape index (κ1) is 9.83. The summed E-state index contributed by atoms with van der Waals surface area (Å²) in [5, 5.41) is 8.43. The van der Waals surface area contributed by atoms with E-state index in [0.29, 0.717) is 0 Å². The first-order valence-electron chi connectivity index (χ1n) is 2.19. The fourth-order valence-electron chi connectivity index (χ4n) is 0.223. The van der Waals surface area contributed by atoms with E-state index in [9.17, 15) is 0 Å². The molecule has 0 amide bonds. The summed E-state index contributed by atoms with van der Waals surface area (Å²) >= 11 is 0.656. The molecule has 1 nitrogen and oxygen atoms in total. The van der Waals surface area contributed by atoms with Gasteiger partial charge in [0.15, 0.2) is 0 Å². The molecule has 0 aromatic heterocycles. The minimum atomic E-state index is -1.14. The van der Waals surface area contributed by atoms with Crippen LogP contribution in [-0.4, -0.2) is 22.7 Å². The topological polar surface area (TPSA) is 20.2 Å². The Morgan fingerprint density at radius 3 is 1.75 bits per heavy atom. The van der Waals surface area contributed by atoms with E-state index in [4.69, 9.17) is 21.6 Å². The quantitative estimate of drug-likeness (QED) is 0.660. The predicted octanol–water partition coefficient (Wildman–Crippen LogP) is 1.47. The minimum absolute atomic E-state index is 0.0278. The molecule has 5 heteroatoms. The van der Waals surface area contributed by atoms with Crippen molar-refractivity contribution in [3.8, 4) is 0 Å². The van der Waals surface area contributed by atoms with Crippen molar-refractivity contribution >= 4 is 28.3 Å². The maximum absolute atomic E-state index is 8.43. The Bertz CT molecular complexity index is 52.5. The number of hydrogen-bond acceptors (Lipinski definition) is 2. The third-order valence-electron chi connectivity index (χ3n) is 0.620. The maximum atomic E-state index is 8.43. The van der Waals surface area contributed by atoms with Gasteiger partial charge < -0.3 is 5.11 Å². The Hall–Kier alpha value is 1.83. The molecular weight excluding hydrogens is 356 g/mol. The summed E-state index contributed by atoms with van der Waals surface area (Å²) in [5.41, 5.74) is 0. The Labute approximate surface area is 72.4 Å². The van der Waals surface area contributed by atoms with Gasteiger partial charge in [0.05, 0.1) is 6.10 Å². The monoisotopic (exact) mass is 362 g/mol. The summed E-state index contributed by atoms with van der Waals surface area (Å²) in [6.07, 6.45) is 0.0278. The summed E-state index contributed by atoms with van der Waals surface area (Å²) in [7, 11) is 9.97. The van der Waals surface area contributed by atoms with E-state index in [1.165, 1.54) is 0 Å². The molecule has 1 N–H and O–H groups in total. The number of thioether (sulfide) groups is 1. The molecule has 0 bridgehead atoms. The summed E-state index contributed by atoms with van der Waals surface area (Å²) in [5.74, 6) is 1.92. The standard InChI is InChI=1S/C3H6OS.2ClH.Hg/c4-3-1-5-2-3;;;/h3-4H,1-2H2;2*1H;/q;;;+2/p-2. The number of halogens is 2. The predicted molar refractivity (Wildman–Crippen MR) is 35.0 cm³/mol. The van der Waals surface area contributed by atoms with Crippen molar-refractivity contribution in [2.75, 3.05) is 11.5 Å². The van der Waals surface area contributed by atoms with E-state index in [-0.39, 0.29) is 6.10 Å². The average molecular weight is 362 g/mol. The van der Waals surface area contributed by atoms with Gasteiger partial charge >= 0.3 is 38.6 Å². The molecule has 8 heavy (non-hydrogen) atoms. The number of aliphatic hydroxyl groups excluding tert-OH is 1. The zero-order valence-electron chi connectivity index (χ0n) is 4.31. The Kier molecular flexibility index (Phi) is 8.52. The van der Waals surface area contributed by atoms with E-state index in [0.717, 1.165) is 11.5 Å². The van der Waals surface area contributed by atoms with Gasteiger partial charge in [0.25, 0.3) is 0 Å². The molecule has 1 heterocycles. The molecule has 0 saturated carbocycles. The van der Waals surface area contributed by atoms with Crippen LogP contribution in [0.1, 0.15) is 0 Å². The van der Waals surface area contributed by atoms with Crippen LogP contribution in [0.25, 0.3) is 0 Å². The van der Waals surface area contributed by atoms with Crippen LogP contribution in [0.15, 0.2) is 0 Å². The van der Waals surface area contributed by atoms with E-state index < -0.39 is 22.1 Å². The molecule has 1 rings (SSSR count). The molecule has 0 aromatic carbocycles. The molecular formula is C3H6Cl2HgOS. The molecule has 1 saturated heterocycles. The normalized spacial score (nSPS) is 17.4. The van der Waals surface area contributed by atoms with Crippen molar-refractivity contribution in [2.45, 2.75) is 6.10 Å². The SMILES string of the molecule is OC1CSC1.[Cl][Hg][Cl]. The molecule has 1 aliphatic heterocycles. The summed E-state index contributed by atoms with van der Waals surface area (Å²) in [6.45, 7) is 0. The van der Waals surface area contributed by atoms with Crippen molar-refractivity contribution in [3.05, 3.63) is 0 Å². The van der Waals surface area contributed by atoms with E-state index >= 15 is 0 Å². The first-order chi connectivity index (χ1) is 3.81. The number of hydrogen-bond donors (Lipinski definition) is 1. The fourth-order valence-corrected chi connectivity index (χ4v) is 0.670. The van der Waals surface area contributed by atoms with Crippen LogP contribution in [-0.2, 0) is 22.1 Å². The fraction of sp³-hybridized carbons (Fsp3) is 1.00. The van der Waals surface area contributed by atoms with E-state index in [1.54, 1.807) is 11.8 Å². The summed E-state index contributed by atoms with van der Waals surface area (Å²) < 4.78 is 0. The molecule has 1 fully saturated rings. The summed E-state index contributed by atoms with van der Waals surface area (Å²) in [6, 6.07) is 0. The second kappa shape index (κ2) is 6.94. The third kappa shape index (κ3) is 5.95. The van der Waals surface area contributed by atoms with Gasteiger partial charge in [0, 0.05) is 11.5 Å². The zero-order chi connectivity index (χ0) is 6.41. The first-order valence-corrected chi connectivity index (χ1v) is 16.9. The van der Waals surface area contributed by atoms with Gasteiger partial charge in [-0.1, -0.05) is 0 Å². The molecule has 0 spiro atoms. The van der Waals surface area contributed by atoms with Crippen LogP contribution in [0.4, 0.5) is 0 Å². The van der Waals surface area contributed by atoms with Gasteiger partial charge in [-0.15, -0.1) is 0 Å². The Morgan fingerprint density at radius 2 is 1.75 bits per heavy atom. The van der Waals surface area contributed by atoms with Crippen LogP contribution in [0.3, 0.4) is 0 Å². The van der Waals surface area contributed by atoms with Crippen LogP contribution >= 0.6 is 28.3 Å². The molecule has 0 aliphatic carbocycles. The van der Waals surface area contributed by atoms with Crippen molar-refractivity contribution in [1.82, 2.24) is 0 Å². The Morgan fingerprint density at radius 1 is 1.50 bits per heavy atom. The molecule has 0 atom stereocenters. The van der Waals surface area contributed by atoms with Crippen LogP contribution in [0.2, 0.25) is 0 Å². The van der Waals surface area contributed by atoms with Gasteiger partial charge in [0.1, 0.15) is 0 Å². The van der Waals surface area contributed by atoms with Crippen LogP contribution in [0.5, 0.6) is 0 Å². The number of aliphatic hydroxyl groups is 1. The van der Waals surface area contributed by atoms with Gasteiger partial charge in [-0.2, -0.15) is 11.8 Å². The van der Waals surface area contributed by atoms with Crippen LogP contribution in [0, 0.1) is 0 Å². The third-order valence-corrected chi connectivity index (χ3v) is 1.86. The van der Waals surface area contributed by atoms with Crippen molar-refractivity contribution in [2.24, 2.45) is 0 Å². The zero-order valence-corrected chi connectivity index (χ0v) is 12.1. The van der Waals surface area contributed by atoms with E-state index in [2.05, 4.69) is 0 Å².